The van der Waals surface area contributed by atoms with Crippen molar-refractivity contribution in [1.29, 1.82) is 0 Å². The number of nitrogen functional groups attached to an aromatic ring is 2. The minimum Gasteiger partial charge on any atom is -0.387 e. The number of anilines is 2. The van der Waals surface area contributed by atoms with E-state index in [9.17, 15) is 28.7 Å². The summed E-state index contributed by atoms with van der Waals surface area (Å²) in [6.07, 6.45) is -7.27. The maximum Gasteiger partial charge on any atom is 0.472 e. The van der Waals surface area contributed by atoms with Crippen LogP contribution in [0, 0.1) is 0 Å². The molecule has 0 spiro atoms. The summed E-state index contributed by atoms with van der Waals surface area (Å²) in [5, 5.41) is 11.0. The average Bonchev–Trinajstić information content (AvgIpc) is 3.82. The molecule has 2 aliphatic rings. The second-order valence-electron chi connectivity index (χ2n) is 10.9. The number of methoxy groups -OCH3 is 2. The minimum absolute atomic E-state index is 0.00330. The van der Waals surface area contributed by atoms with E-state index in [4.69, 9.17) is 44.0 Å². The Labute approximate surface area is 284 Å². The highest BCUT2D eigenvalue weighted by Gasteiger charge is 2.52. The fourth-order valence-corrected chi connectivity index (χ4v) is 7.54. The molecule has 24 nitrogen and oxygen atoms in total. The molecule has 274 valence electrons. The number of rotatable bonds is 13. The molecule has 2 fully saturated rings. The van der Waals surface area contributed by atoms with Crippen molar-refractivity contribution < 1.29 is 56.2 Å². The molecule has 0 amide bonds. The average molecular weight is 767 g/mol. The number of nitrogens with two attached hydrogens (primary N) is 2. The Morgan fingerprint density at radius 2 is 1.36 bits per heavy atom. The van der Waals surface area contributed by atoms with Crippen LogP contribution in [0.2, 0.25) is 0 Å². The number of hydrogen-bond acceptors (Lipinski definition) is 19. The molecule has 0 aromatic carbocycles. The summed E-state index contributed by atoms with van der Waals surface area (Å²) in [5.74, 6) is -0.400. The first-order chi connectivity index (χ1) is 23.7. The minimum atomic E-state index is -4.54. The highest BCUT2D eigenvalue weighted by Crippen LogP contribution is 2.57. The number of aromatic amines is 2. The summed E-state index contributed by atoms with van der Waals surface area (Å²) < 4.78 is 72.4. The molecule has 50 heavy (non-hydrogen) atoms. The lowest BCUT2D eigenvalue weighted by Crippen LogP contribution is -2.37. The molecule has 8 N–H and O–H groups in total. The van der Waals surface area contributed by atoms with E-state index < -0.39 is 88.0 Å². The van der Waals surface area contributed by atoms with Crippen LogP contribution in [-0.4, -0.2) is 120 Å². The number of nitrogens with one attached hydrogen (secondary N) is 2. The number of H-pyrrole nitrogens is 2. The monoisotopic (exact) mass is 766 g/mol. The van der Waals surface area contributed by atoms with Gasteiger partial charge in [-0.25, -0.2) is 19.1 Å². The Morgan fingerprint density at radius 3 is 1.88 bits per heavy atom. The van der Waals surface area contributed by atoms with Gasteiger partial charge in [0, 0.05) is 21.3 Å². The Kier molecular flexibility index (Phi) is 10.2. The lowest BCUT2D eigenvalue weighted by Gasteiger charge is -2.26. The number of nitrogens with zero attached hydrogens (tertiary/aromatic N) is 6. The number of thiol groups is 1. The SMILES string of the molecule is COC1C(O)[C@@H](COP(=O)(S)OC2C(OC)[C@H](n3cnc4c(=O)[nH]c(N)nc43)O[C@@H]2COP(=O)(O)OC)O[C@H]1n1cnc2c(=O)[nH]c(N)nc21. The number of fused-ring (bicyclic) bond motifs is 2. The molecular weight excluding hydrogens is 734 g/mol. The molecule has 27 heteroatoms. The van der Waals surface area contributed by atoms with Gasteiger partial charge < -0.3 is 40.4 Å². The van der Waals surface area contributed by atoms with Crippen LogP contribution in [-0.2, 0) is 46.2 Å². The molecule has 6 heterocycles. The first-order valence-corrected chi connectivity index (χ1v) is 18.5. The van der Waals surface area contributed by atoms with E-state index in [2.05, 4.69) is 46.7 Å². The Bertz CT molecular complexity index is 2090. The molecule has 6 unspecified atom stereocenters. The van der Waals surface area contributed by atoms with Gasteiger partial charge in [0.15, 0.2) is 34.8 Å². The van der Waals surface area contributed by atoms with Crippen molar-refractivity contribution in [2.75, 3.05) is 46.0 Å². The predicted molar refractivity (Wildman–Crippen MR) is 171 cm³/mol. The molecule has 2 saturated heterocycles. The van der Waals surface area contributed by atoms with Gasteiger partial charge >= 0.3 is 14.6 Å². The maximum atomic E-state index is 13.7. The van der Waals surface area contributed by atoms with Crippen LogP contribution in [0.4, 0.5) is 11.9 Å². The van der Waals surface area contributed by atoms with Crippen LogP contribution in [0.5, 0.6) is 0 Å². The van der Waals surface area contributed by atoms with Gasteiger partial charge in [0.1, 0.15) is 36.6 Å². The summed E-state index contributed by atoms with van der Waals surface area (Å²) in [7, 11) is -1.000. The maximum absolute atomic E-state index is 13.7. The molecule has 6 rings (SSSR count). The van der Waals surface area contributed by atoms with E-state index in [0.717, 1.165) is 7.11 Å². The molecule has 10 atom stereocenters. The zero-order valence-corrected chi connectivity index (χ0v) is 28.8. The lowest BCUT2D eigenvalue weighted by molar-refractivity contribution is -0.0584. The standard InChI is InChI=1S/C23H32N10O14P2S/c1-40-14-12(34)8(45-20(14)32-6-26-10-16(32)28-22(24)30-18(10)35)4-44-49(39,50)47-13-9(5-43-48(37,38)42-3)46-21(15(13)41-2)33-7-27-11-17(33)29-23(25)31-19(11)36/h6-9,12-15,20-21,34H,4-5H2,1-3H3,(H,37,38)(H,39,50)(H3,24,28,30,35)(H3,25,29,31,36)/t8-,9-,12?,13?,14?,15?,20-,21-,49?/m1/s1. The van der Waals surface area contributed by atoms with Crippen molar-refractivity contribution in [1.82, 2.24) is 39.0 Å². The van der Waals surface area contributed by atoms with E-state index >= 15 is 0 Å². The van der Waals surface area contributed by atoms with Gasteiger partial charge in [-0.15, -0.1) is 0 Å². The molecule has 0 saturated carbocycles. The van der Waals surface area contributed by atoms with Crippen LogP contribution in [0.15, 0.2) is 22.2 Å². The molecule has 0 radical (unpaired) electrons. The first-order valence-electron chi connectivity index (χ1n) is 14.3. The fraction of sp³-hybridized carbons (Fsp3) is 0.565. The largest absolute Gasteiger partial charge is 0.472 e. The van der Waals surface area contributed by atoms with Crippen molar-refractivity contribution in [3.8, 4) is 0 Å². The van der Waals surface area contributed by atoms with E-state index in [-0.39, 0.29) is 34.2 Å². The molecular formula is C23H32N10O14P2S. The van der Waals surface area contributed by atoms with Gasteiger partial charge in [0.25, 0.3) is 11.1 Å². The molecule has 0 aliphatic carbocycles. The highest BCUT2D eigenvalue weighted by atomic mass is 32.7. The molecule has 4 aromatic rings. The Hall–Kier alpha value is -3.29. The van der Waals surface area contributed by atoms with Gasteiger partial charge in [0.2, 0.25) is 11.9 Å². The number of hydrogen-bond donors (Lipinski definition) is 7. The molecule has 4 aromatic heterocycles. The summed E-state index contributed by atoms with van der Waals surface area (Å²) in [6.45, 7) is -5.65. The fourth-order valence-electron chi connectivity index (χ4n) is 5.61. The summed E-state index contributed by atoms with van der Waals surface area (Å²) >= 11 is 4.11. The lowest BCUT2D eigenvalue weighted by atomic mass is 10.1. The second-order valence-corrected chi connectivity index (χ2v) is 15.3. The summed E-state index contributed by atoms with van der Waals surface area (Å²) in [6, 6.07) is 0. The van der Waals surface area contributed by atoms with Gasteiger partial charge in [0.05, 0.1) is 25.9 Å². The van der Waals surface area contributed by atoms with Crippen molar-refractivity contribution in [3.05, 3.63) is 33.4 Å². The predicted octanol–water partition coefficient (Wildman–Crippen LogP) is -1.19. The number of aromatic nitrogens is 8. The number of phosphoric ester groups is 1. The van der Waals surface area contributed by atoms with Gasteiger partial charge in [-0.05, 0) is 0 Å². The molecule has 0 bridgehead atoms. The van der Waals surface area contributed by atoms with Crippen molar-refractivity contribution in [2.24, 2.45) is 0 Å². The van der Waals surface area contributed by atoms with Crippen LogP contribution < -0.4 is 22.6 Å². The normalized spacial score (nSPS) is 29.5. The summed E-state index contributed by atoms with van der Waals surface area (Å²) in [4.78, 5) is 55.5. The molecule has 2 aliphatic heterocycles. The zero-order chi connectivity index (χ0) is 36.1. The third-order valence-electron chi connectivity index (χ3n) is 7.88. The Morgan fingerprint density at radius 1 is 0.860 bits per heavy atom. The van der Waals surface area contributed by atoms with Gasteiger partial charge in [-0.1, -0.05) is 12.2 Å². The number of aliphatic hydroxyl groups is 1. The van der Waals surface area contributed by atoms with E-state index in [1.165, 1.54) is 36.0 Å². The van der Waals surface area contributed by atoms with E-state index in [1.807, 2.05) is 0 Å². The van der Waals surface area contributed by atoms with Crippen LogP contribution in [0.1, 0.15) is 12.5 Å². The summed E-state index contributed by atoms with van der Waals surface area (Å²) in [5.41, 5.74) is 10.1. The van der Waals surface area contributed by atoms with Crippen LogP contribution >= 0.6 is 26.9 Å². The first kappa shape index (κ1) is 36.5. The van der Waals surface area contributed by atoms with Crippen molar-refractivity contribution in [3.63, 3.8) is 0 Å². The third-order valence-corrected chi connectivity index (χ3v) is 10.4. The van der Waals surface area contributed by atoms with Crippen molar-refractivity contribution >= 4 is 61.1 Å². The van der Waals surface area contributed by atoms with Crippen LogP contribution in [0.25, 0.3) is 22.3 Å². The topological polar surface area (TPSA) is 328 Å². The number of imidazole rings is 2. The van der Waals surface area contributed by atoms with Gasteiger partial charge in [-0.2, -0.15) is 9.97 Å². The number of aliphatic hydroxyl groups excluding tert-OH is 1. The number of phosphoric acid groups is 1. The zero-order valence-electron chi connectivity index (χ0n) is 26.2. The smallest absolute Gasteiger partial charge is 0.387 e. The van der Waals surface area contributed by atoms with Crippen molar-refractivity contribution in [2.45, 2.75) is 49.1 Å². The quantitative estimate of drug-likeness (QED) is 0.0621. The highest BCUT2D eigenvalue weighted by molar-refractivity contribution is 8.44. The Balaban J connectivity index is 1.22. The second kappa shape index (κ2) is 14.0. The van der Waals surface area contributed by atoms with E-state index in [1.54, 1.807) is 0 Å². The van der Waals surface area contributed by atoms with E-state index in [0.29, 0.717) is 0 Å². The van der Waals surface area contributed by atoms with Gasteiger partial charge in [-0.3, -0.25) is 46.8 Å². The van der Waals surface area contributed by atoms with Crippen LogP contribution in [0.3, 0.4) is 0 Å². The number of ether oxygens (including phenoxy) is 4. The third kappa shape index (κ3) is 6.97.